The van der Waals surface area contributed by atoms with Gasteiger partial charge in [-0.05, 0) is 31.5 Å². The molecule has 7 nitrogen and oxygen atoms in total. The van der Waals surface area contributed by atoms with Crippen molar-refractivity contribution in [1.82, 2.24) is 4.72 Å². The maximum absolute atomic E-state index is 12.3. The number of esters is 1. The van der Waals surface area contributed by atoms with E-state index in [-0.39, 0.29) is 10.6 Å². The first-order chi connectivity index (χ1) is 9.22. The van der Waals surface area contributed by atoms with Gasteiger partial charge in [-0.2, -0.15) is 4.72 Å². The van der Waals surface area contributed by atoms with Crippen molar-refractivity contribution in [2.45, 2.75) is 24.8 Å². The molecule has 1 aromatic rings. The van der Waals surface area contributed by atoms with Gasteiger partial charge in [0, 0.05) is 5.69 Å². The summed E-state index contributed by atoms with van der Waals surface area (Å²) < 4.78 is 36.2. The Bertz CT molecular complexity index is 613. The SMILES string of the molecule is COC(=O)C(C)NS(=O)(=O)c1cc(N)c(C)cc1OC. The quantitative estimate of drug-likeness (QED) is 0.603. The van der Waals surface area contributed by atoms with Gasteiger partial charge in [-0.15, -0.1) is 0 Å². The number of hydrogen-bond donors (Lipinski definition) is 2. The molecule has 3 N–H and O–H groups in total. The molecule has 0 saturated heterocycles. The number of carbonyl (C=O) groups excluding carboxylic acids is 1. The average molecular weight is 302 g/mol. The number of methoxy groups -OCH3 is 2. The van der Waals surface area contributed by atoms with Crippen molar-refractivity contribution >= 4 is 21.7 Å². The topological polar surface area (TPSA) is 108 Å². The molecule has 0 aliphatic heterocycles. The van der Waals surface area contributed by atoms with Crippen molar-refractivity contribution in [3.63, 3.8) is 0 Å². The van der Waals surface area contributed by atoms with Crippen LogP contribution in [0.3, 0.4) is 0 Å². The minimum atomic E-state index is -3.95. The molecule has 0 aliphatic carbocycles. The number of benzene rings is 1. The van der Waals surface area contributed by atoms with Crippen LogP contribution < -0.4 is 15.2 Å². The van der Waals surface area contributed by atoms with Crippen molar-refractivity contribution in [2.24, 2.45) is 0 Å². The third-order valence-electron chi connectivity index (χ3n) is 2.73. The number of carbonyl (C=O) groups is 1. The van der Waals surface area contributed by atoms with Gasteiger partial charge in [-0.1, -0.05) is 0 Å². The highest BCUT2D eigenvalue weighted by atomic mass is 32.2. The zero-order valence-corrected chi connectivity index (χ0v) is 12.6. The second-order valence-corrected chi connectivity index (χ2v) is 5.91. The van der Waals surface area contributed by atoms with Crippen LogP contribution in [0.25, 0.3) is 0 Å². The van der Waals surface area contributed by atoms with E-state index in [1.54, 1.807) is 6.92 Å². The zero-order valence-electron chi connectivity index (χ0n) is 11.8. The van der Waals surface area contributed by atoms with Crippen LogP contribution in [0.5, 0.6) is 5.75 Å². The molecular formula is C12H18N2O5S. The summed E-state index contributed by atoms with van der Waals surface area (Å²) in [6, 6.07) is 1.80. The molecule has 0 heterocycles. The predicted octanol–water partition coefficient (Wildman–Crippen LogP) is 0.426. The van der Waals surface area contributed by atoms with Crippen LogP contribution in [0.4, 0.5) is 5.69 Å². The van der Waals surface area contributed by atoms with Gasteiger partial charge in [-0.3, -0.25) is 4.79 Å². The van der Waals surface area contributed by atoms with E-state index in [9.17, 15) is 13.2 Å². The fraction of sp³-hybridized carbons (Fsp3) is 0.417. The van der Waals surface area contributed by atoms with Crippen LogP contribution >= 0.6 is 0 Å². The third kappa shape index (κ3) is 3.40. The molecule has 1 rings (SSSR count). The monoisotopic (exact) mass is 302 g/mol. The maximum Gasteiger partial charge on any atom is 0.323 e. The van der Waals surface area contributed by atoms with Crippen LogP contribution in [0.15, 0.2) is 17.0 Å². The van der Waals surface area contributed by atoms with Crippen LogP contribution in [0, 0.1) is 6.92 Å². The van der Waals surface area contributed by atoms with Gasteiger partial charge < -0.3 is 15.2 Å². The summed E-state index contributed by atoms with van der Waals surface area (Å²) in [6.07, 6.45) is 0. The van der Waals surface area contributed by atoms with E-state index in [1.807, 2.05) is 0 Å². The number of nitrogens with two attached hydrogens (primary N) is 1. The first-order valence-electron chi connectivity index (χ1n) is 5.77. The van der Waals surface area contributed by atoms with Gasteiger partial charge in [0.2, 0.25) is 10.0 Å². The Balaban J connectivity index is 3.22. The second-order valence-electron chi connectivity index (χ2n) is 4.23. The molecule has 0 radical (unpaired) electrons. The molecule has 0 bridgehead atoms. The molecule has 0 spiro atoms. The molecule has 1 atom stereocenters. The molecule has 0 saturated carbocycles. The van der Waals surface area contributed by atoms with Gasteiger partial charge in [0.25, 0.3) is 0 Å². The van der Waals surface area contributed by atoms with Crippen molar-refractivity contribution in [1.29, 1.82) is 0 Å². The molecule has 1 aromatic carbocycles. The van der Waals surface area contributed by atoms with Gasteiger partial charge in [0.1, 0.15) is 16.7 Å². The Morgan fingerprint density at radius 1 is 1.35 bits per heavy atom. The van der Waals surface area contributed by atoms with Crippen molar-refractivity contribution in [2.75, 3.05) is 20.0 Å². The van der Waals surface area contributed by atoms with Crippen LogP contribution in [-0.4, -0.2) is 34.6 Å². The lowest BCUT2D eigenvalue weighted by Crippen LogP contribution is -2.39. The highest BCUT2D eigenvalue weighted by molar-refractivity contribution is 7.89. The largest absolute Gasteiger partial charge is 0.495 e. The van der Waals surface area contributed by atoms with E-state index in [0.717, 1.165) is 0 Å². The number of nitrogen functional groups attached to an aromatic ring is 1. The summed E-state index contributed by atoms with van der Waals surface area (Å²) >= 11 is 0. The summed E-state index contributed by atoms with van der Waals surface area (Å²) in [7, 11) is -1.42. The van der Waals surface area contributed by atoms with Gasteiger partial charge >= 0.3 is 5.97 Å². The highest BCUT2D eigenvalue weighted by Crippen LogP contribution is 2.28. The van der Waals surface area contributed by atoms with Gasteiger partial charge in [-0.25, -0.2) is 8.42 Å². The van der Waals surface area contributed by atoms with E-state index < -0.39 is 22.0 Å². The number of ether oxygens (including phenoxy) is 2. The lowest BCUT2D eigenvalue weighted by atomic mass is 10.2. The number of nitrogens with one attached hydrogen (secondary N) is 1. The fourth-order valence-electron chi connectivity index (χ4n) is 1.57. The number of sulfonamides is 1. The smallest absolute Gasteiger partial charge is 0.323 e. The molecule has 0 aliphatic rings. The van der Waals surface area contributed by atoms with E-state index in [2.05, 4.69) is 9.46 Å². The third-order valence-corrected chi connectivity index (χ3v) is 4.29. The summed E-state index contributed by atoms with van der Waals surface area (Å²) in [6.45, 7) is 3.12. The predicted molar refractivity (Wildman–Crippen MR) is 73.9 cm³/mol. The van der Waals surface area contributed by atoms with E-state index in [1.165, 1.54) is 33.3 Å². The Kier molecular flexibility index (Phi) is 4.96. The number of anilines is 1. The Morgan fingerprint density at radius 3 is 2.45 bits per heavy atom. The normalized spacial score (nSPS) is 12.8. The zero-order chi connectivity index (χ0) is 15.5. The summed E-state index contributed by atoms with van der Waals surface area (Å²) in [5.74, 6) is -0.533. The van der Waals surface area contributed by atoms with E-state index in [0.29, 0.717) is 11.3 Å². The van der Waals surface area contributed by atoms with Crippen molar-refractivity contribution in [3.05, 3.63) is 17.7 Å². The van der Waals surface area contributed by atoms with E-state index in [4.69, 9.17) is 10.5 Å². The van der Waals surface area contributed by atoms with Crippen LogP contribution in [0.1, 0.15) is 12.5 Å². The second kappa shape index (κ2) is 6.10. The number of rotatable bonds is 5. The Morgan fingerprint density at radius 2 is 1.95 bits per heavy atom. The first kappa shape index (κ1) is 16.3. The minimum Gasteiger partial charge on any atom is -0.495 e. The lowest BCUT2D eigenvalue weighted by molar-refractivity contribution is -0.142. The van der Waals surface area contributed by atoms with Crippen molar-refractivity contribution in [3.8, 4) is 5.75 Å². The Hall–Kier alpha value is -1.80. The number of aryl methyl sites for hydroxylation is 1. The molecule has 1 unspecified atom stereocenters. The van der Waals surface area contributed by atoms with Gasteiger partial charge in [0.05, 0.1) is 14.2 Å². The molecular weight excluding hydrogens is 284 g/mol. The maximum atomic E-state index is 12.3. The number of hydrogen-bond acceptors (Lipinski definition) is 6. The lowest BCUT2D eigenvalue weighted by Gasteiger charge is -2.15. The Labute approximate surface area is 118 Å². The molecule has 0 amide bonds. The molecule has 112 valence electrons. The standard InChI is InChI=1S/C12H18N2O5S/c1-7-5-10(18-3)11(6-9(7)13)20(16,17)14-8(2)12(15)19-4/h5-6,8,14H,13H2,1-4H3. The average Bonchev–Trinajstić information content (AvgIpc) is 2.39. The van der Waals surface area contributed by atoms with E-state index >= 15 is 0 Å². The molecule has 8 heteroatoms. The fourth-order valence-corrected chi connectivity index (χ4v) is 2.95. The molecule has 0 fully saturated rings. The van der Waals surface area contributed by atoms with Crippen molar-refractivity contribution < 1.29 is 22.7 Å². The van der Waals surface area contributed by atoms with Crippen LogP contribution in [-0.2, 0) is 19.6 Å². The van der Waals surface area contributed by atoms with Crippen LogP contribution in [0.2, 0.25) is 0 Å². The summed E-state index contributed by atoms with van der Waals surface area (Å²) in [5.41, 5.74) is 6.73. The minimum absolute atomic E-state index is 0.126. The molecule has 0 aromatic heterocycles. The molecule has 20 heavy (non-hydrogen) atoms. The summed E-state index contributed by atoms with van der Waals surface area (Å²) in [4.78, 5) is 11.2. The highest BCUT2D eigenvalue weighted by Gasteiger charge is 2.26. The van der Waals surface area contributed by atoms with Gasteiger partial charge in [0.15, 0.2) is 0 Å². The first-order valence-corrected chi connectivity index (χ1v) is 7.25. The summed E-state index contributed by atoms with van der Waals surface area (Å²) in [5, 5.41) is 0.